The molecule has 2 aromatic heterocycles. The van der Waals surface area contributed by atoms with E-state index in [2.05, 4.69) is 15.3 Å². The molecule has 0 saturated heterocycles. The van der Waals surface area contributed by atoms with Gasteiger partial charge in [0.05, 0.1) is 12.8 Å². The Kier molecular flexibility index (Phi) is 7.24. The average Bonchev–Trinajstić information content (AvgIpc) is 3.46. The third-order valence-electron chi connectivity index (χ3n) is 6.04. The van der Waals surface area contributed by atoms with Crippen molar-refractivity contribution < 1.29 is 18.7 Å². The second kappa shape index (κ2) is 10.5. The molecule has 3 aromatic rings. The summed E-state index contributed by atoms with van der Waals surface area (Å²) in [6, 6.07) is 9.07. The molecule has 4 rings (SSSR count). The molecule has 1 aliphatic carbocycles. The Morgan fingerprint density at radius 1 is 1.25 bits per heavy atom. The number of carbonyl (C=O) groups is 2. The zero-order valence-electron chi connectivity index (χ0n) is 18.6. The Morgan fingerprint density at radius 2 is 2.06 bits per heavy atom. The number of fused-ring (bicyclic) bond motifs is 1. The Bertz CT molecular complexity index is 1020. The van der Waals surface area contributed by atoms with E-state index in [1.165, 1.54) is 12.6 Å². The van der Waals surface area contributed by atoms with Gasteiger partial charge in [0, 0.05) is 23.5 Å². The van der Waals surface area contributed by atoms with E-state index in [-0.39, 0.29) is 11.7 Å². The van der Waals surface area contributed by atoms with Crippen molar-refractivity contribution in [2.45, 2.75) is 70.3 Å². The molecular formula is C25H31N3O4. The minimum Gasteiger partial charge on any atom is -0.464 e. The molecule has 1 unspecified atom stereocenters. The molecule has 1 saturated carbocycles. The van der Waals surface area contributed by atoms with E-state index in [9.17, 15) is 9.59 Å². The molecule has 2 N–H and O–H groups in total. The maximum Gasteiger partial charge on any atom is 0.329 e. The van der Waals surface area contributed by atoms with Crippen molar-refractivity contribution in [3.63, 3.8) is 0 Å². The van der Waals surface area contributed by atoms with Gasteiger partial charge in [-0.25, -0.2) is 9.78 Å². The van der Waals surface area contributed by atoms with Crippen LogP contribution in [0.25, 0.3) is 10.9 Å². The number of nitrogens with zero attached hydrogens (tertiary/aromatic N) is 1. The fourth-order valence-corrected chi connectivity index (χ4v) is 4.23. The van der Waals surface area contributed by atoms with Crippen molar-refractivity contribution in [1.29, 1.82) is 0 Å². The lowest BCUT2D eigenvalue weighted by Gasteiger charge is -2.18. The van der Waals surface area contributed by atoms with Crippen LogP contribution in [-0.4, -0.2) is 34.5 Å². The lowest BCUT2D eigenvalue weighted by Crippen LogP contribution is -2.43. The highest BCUT2D eigenvalue weighted by Gasteiger charge is 2.27. The largest absolute Gasteiger partial charge is 0.464 e. The molecule has 170 valence electrons. The zero-order valence-corrected chi connectivity index (χ0v) is 18.6. The summed E-state index contributed by atoms with van der Waals surface area (Å²) in [4.78, 5) is 33.3. The number of para-hydroxylation sites is 1. The summed E-state index contributed by atoms with van der Waals surface area (Å²) in [5, 5.41) is 3.86. The second-order valence-electron chi connectivity index (χ2n) is 8.53. The highest BCUT2D eigenvalue weighted by Crippen LogP contribution is 2.32. The molecule has 0 spiro atoms. The number of unbranched alkanes of at least 4 members (excludes halogenated alkanes) is 1. The Balaban J connectivity index is 1.47. The average molecular weight is 438 g/mol. The summed E-state index contributed by atoms with van der Waals surface area (Å²) in [7, 11) is 0. The molecule has 1 fully saturated rings. The smallest absolute Gasteiger partial charge is 0.329 e. The van der Waals surface area contributed by atoms with Gasteiger partial charge in [-0.1, -0.05) is 50.8 Å². The predicted molar refractivity (Wildman–Crippen MR) is 121 cm³/mol. The standard InChI is InChI=1S/C25H31N3O4/c1-2-3-13-31-25(30)21(15-19-14-18-11-7-8-12-20(18)27-19)28-23(29)22-16-26-24(32-22)17-9-5-4-6-10-17/h7-8,11-12,14,16-17,21,27H,2-6,9-10,13,15H2,1H3,(H,28,29). The van der Waals surface area contributed by atoms with Crippen molar-refractivity contribution in [3.8, 4) is 0 Å². The van der Waals surface area contributed by atoms with Gasteiger partial charge in [-0.05, 0) is 36.8 Å². The molecular weight excluding hydrogens is 406 g/mol. The van der Waals surface area contributed by atoms with E-state index in [0.29, 0.717) is 18.9 Å². The minimum absolute atomic E-state index is 0.133. The van der Waals surface area contributed by atoms with E-state index in [1.54, 1.807) is 0 Å². The fraction of sp³-hybridized carbons (Fsp3) is 0.480. The van der Waals surface area contributed by atoms with Gasteiger partial charge in [0.1, 0.15) is 6.04 Å². The number of aromatic amines is 1. The molecule has 1 atom stereocenters. The number of aromatic nitrogens is 2. The van der Waals surface area contributed by atoms with Crippen molar-refractivity contribution in [2.75, 3.05) is 6.61 Å². The number of carbonyl (C=O) groups excluding carboxylic acids is 2. The number of rotatable bonds is 9. The third-order valence-corrected chi connectivity index (χ3v) is 6.04. The minimum atomic E-state index is -0.823. The number of esters is 1. The molecule has 1 amide bonds. The van der Waals surface area contributed by atoms with E-state index in [4.69, 9.17) is 9.15 Å². The normalized spacial score (nSPS) is 15.5. The predicted octanol–water partition coefficient (Wildman–Crippen LogP) is 4.89. The molecule has 0 bridgehead atoms. The van der Waals surface area contributed by atoms with Crippen molar-refractivity contribution in [3.05, 3.63) is 53.9 Å². The van der Waals surface area contributed by atoms with Crippen LogP contribution >= 0.6 is 0 Å². The summed E-state index contributed by atoms with van der Waals surface area (Å²) in [5.41, 5.74) is 1.84. The lowest BCUT2D eigenvalue weighted by atomic mass is 9.89. The van der Waals surface area contributed by atoms with E-state index in [0.717, 1.165) is 55.1 Å². The van der Waals surface area contributed by atoms with Gasteiger partial charge in [-0.15, -0.1) is 0 Å². The van der Waals surface area contributed by atoms with E-state index in [1.807, 2.05) is 37.3 Å². The highest BCUT2D eigenvalue weighted by atomic mass is 16.5. The second-order valence-corrected chi connectivity index (χ2v) is 8.53. The van der Waals surface area contributed by atoms with Crippen LogP contribution in [0.15, 0.2) is 40.9 Å². The summed E-state index contributed by atoms with van der Waals surface area (Å²) in [6.07, 6.45) is 9.09. The zero-order chi connectivity index (χ0) is 22.3. The van der Waals surface area contributed by atoms with Gasteiger partial charge in [0.2, 0.25) is 5.76 Å². The van der Waals surface area contributed by atoms with Crippen molar-refractivity contribution in [2.24, 2.45) is 0 Å². The summed E-state index contributed by atoms with van der Waals surface area (Å²) >= 11 is 0. The van der Waals surface area contributed by atoms with Crippen LogP contribution in [0.1, 0.15) is 79.9 Å². The van der Waals surface area contributed by atoms with Crippen LogP contribution in [-0.2, 0) is 16.0 Å². The first-order chi connectivity index (χ1) is 15.6. The van der Waals surface area contributed by atoms with Crippen LogP contribution < -0.4 is 5.32 Å². The Hall–Kier alpha value is -3.09. The van der Waals surface area contributed by atoms with E-state index >= 15 is 0 Å². The van der Waals surface area contributed by atoms with Crippen LogP contribution in [0.5, 0.6) is 0 Å². The number of nitrogens with one attached hydrogen (secondary N) is 2. The van der Waals surface area contributed by atoms with Gasteiger partial charge in [0.25, 0.3) is 5.91 Å². The van der Waals surface area contributed by atoms with Gasteiger partial charge < -0.3 is 19.5 Å². The number of oxazole rings is 1. The highest BCUT2D eigenvalue weighted by molar-refractivity contribution is 5.94. The summed E-state index contributed by atoms with van der Waals surface area (Å²) < 4.78 is 11.2. The summed E-state index contributed by atoms with van der Waals surface area (Å²) in [6.45, 7) is 2.37. The number of H-pyrrole nitrogens is 1. The van der Waals surface area contributed by atoms with Crippen LogP contribution in [0.2, 0.25) is 0 Å². The molecule has 0 radical (unpaired) electrons. The first-order valence-corrected chi connectivity index (χ1v) is 11.6. The molecule has 7 heteroatoms. The summed E-state index contributed by atoms with van der Waals surface area (Å²) in [5.74, 6) is 0.123. The number of benzene rings is 1. The maximum absolute atomic E-state index is 12.9. The maximum atomic E-state index is 12.9. The number of hydrogen-bond donors (Lipinski definition) is 2. The van der Waals surface area contributed by atoms with Gasteiger partial charge in [-0.2, -0.15) is 0 Å². The van der Waals surface area contributed by atoms with Crippen molar-refractivity contribution in [1.82, 2.24) is 15.3 Å². The first-order valence-electron chi connectivity index (χ1n) is 11.6. The topological polar surface area (TPSA) is 97.2 Å². The van der Waals surface area contributed by atoms with Crippen molar-refractivity contribution >= 4 is 22.8 Å². The fourth-order valence-electron chi connectivity index (χ4n) is 4.23. The van der Waals surface area contributed by atoms with E-state index < -0.39 is 17.9 Å². The molecule has 2 heterocycles. The Morgan fingerprint density at radius 3 is 2.84 bits per heavy atom. The van der Waals surface area contributed by atoms with Gasteiger partial charge in [-0.3, -0.25) is 4.79 Å². The number of amides is 1. The third kappa shape index (κ3) is 5.39. The first kappa shape index (κ1) is 22.1. The van der Waals surface area contributed by atoms with Crippen LogP contribution in [0, 0.1) is 0 Å². The monoisotopic (exact) mass is 437 g/mol. The molecule has 0 aliphatic heterocycles. The van der Waals surface area contributed by atoms with Crippen LogP contribution in [0.4, 0.5) is 0 Å². The Labute approximate surface area is 187 Å². The molecule has 32 heavy (non-hydrogen) atoms. The SMILES string of the molecule is CCCCOC(=O)C(Cc1cc2ccccc2[nH]1)NC(=O)c1cnc(C2CCCCC2)o1. The number of hydrogen-bond acceptors (Lipinski definition) is 5. The molecule has 7 nitrogen and oxygen atoms in total. The quantitative estimate of drug-likeness (QED) is 0.367. The van der Waals surface area contributed by atoms with Gasteiger partial charge >= 0.3 is 5.97 Å². The number of ether oxygens (including phenoxy) is 1. The van der Waals surface area contributed by atoms with Crippen LogP contribution in [0.3, 0.4) is 0 Å². The van der Waals surface area contributed by atoms with Gasteiger partial charge in [0.15, 0.2) is 5.89 Å². The molecule has 1 aliphatic rings. The molecule has 1 aromatic carbocycles. The lowest BCUT2D eigenvalue weighted by molar-refractivity contribution is -0.146.